The van der Waals surface area contributed by atoms with Crippen molar-refractivity contribution in [3.05, 3.63) is 76.2 Å². The minimum absolute atomic E-state index is 0.128. The summed E-state index contributed by atoms with van der Waals surface area (Å²) in [5, 5.41) is 7.17. The fourth-order valence-corrected chi connectivity index (χ4v) is 3.51. The van der Waals surface area contributed by atoms with Crippen molar-refractivity contribution >= 4 is 34.4 Å². The van der Waals surface area contributed by atoms with Crippen LogP contribution in [0.3, 0.4) is 0 Å². The van der Waals surface area contributed by atoms with Crippen molar-refractivity contribution in [1.82, 2.24) is 19.7 Å². The van der Waals surface area contributed by atoms with E-state index in [4.69, 9.17) is 0 Å². The molecule has 0 radical (unpaired) electrons. The topological polar surface area (TPSA) is 92.7 Å². The van der Waals surface area contributed by atoms with Crippen molar-refractivity contribution in [3.8, 4) is 5.69 Å². The van der Waals surface area contributed by atoms with E-state index in [-0.39, 0.29) is 22.2 Å². The minimum atomic E-state index is -0.872. The van der Waals surface area contributed by atoms with Gasteiger partial charge in [-0.1, -0.05) is 30.0 Å². The molecule has 0 spiro atoms. The lowest BCUT2D eigenvalue weighted by atomic mass is 10.2. The van der Waals surface area contributed by atoms with Crippen LogP contribution in [-0.4, -0.2) is 31.4 Å². The largest absolute Gasteiger partial charge is 0.323 e. The maximum Gasteiger partial charge on any atom is 0.262 e. The van der Waals surface area contributed by atoms with Gasteiger partial charge in [0.1, 0.15) is 17.0 Å². The zero-order valence-electron chi connectivity index (χ0n) is 15.6. The smallest absolute Gasteiger partial charge is 0.262 e. The molecule has 0 saturated carbocycles. The van der Waals surface area contributed by atoms with Gasteiger partial charge >= 0.3 is 0 Å². The van der Waals surface area contributed by atoms with Gasteiger partial charge in [-0.05, 0) is 30.7 Å². The second-order valence-electron chi connectivity index (χ2n) is 6.41. The molecule has 2 aromatic heterocycles. The molecule has 152 valence electrons. The molecule has 0 unspecified atom stereocenters. The van der Waals surface area contributed by atoms with E-state index in [2.05, 4.69) is 20.4 Å². The molecule has 2 N–H and O–H groups in total. The van der Waals surface area contributed by atoms with Crippen molar-refractivity contribution in [2.45, 2.75) is 12.1 Å². The number of H-pyrrole nitrogens is 1. The number of anilines is 1. The normalized spacial score (nSPS) is 11.0. The molecule has 2 heterocycles. The number of thioether (sulfide) groups is 1. The van der Waals surface area contributed by atoms with E-state index in [1.165, 1.54) is 6.20 Å². The Morgan fingerprint density at radius 1 is 1.23 bits per heavy atom. The average molecular weight is 427 g/mol. The van der Waals surface area contributed by atoms with E-state index in [0.717, 1.165) is 35.1 Å². The number of aromatic nitrogens is 4. The van der Waals surface area contributed by atoms with E-state index in [0.29, 0.717) is 17.1 Å². The van der Waals surface area contributed by atoms with Gasteiger partial charge in [0, 0.05) is 6.07 Å². The Morgan fingerprint density at radius 3 is 2.80 bits per heavy atom. The van der Waals surface area contributed by atoms with Crippen LogP contribution >= 0.6 is 11.8 Å². The molecule has 7 nitrogen and oxygen atoms in total. The molecule has 0 saturated heterocycles. The van der Waals surface area contributed by atoms with Gasteiger partial charge in [-0.2, -0.15) is 5.10 Å². The van der Waals surface area contributed by atoms with Gasteiger partial charge < -0.3 is 10.3 Å². The Hall–Kier alpha value is -3.53. The highest BCUT2D eigenvalue weighted by Crippen LogP contribution is 2.20. The molecule has 0 atom stereocenters. The molecule has 10 heteroatoms. The molecule has 1 amide bonds. The van der Waals surface area contributed by atoms with Crippen LogP contribution in [0.4, 0.5) is 14.5 Å². The van der Waals surface area contributed by atoms with Crippen LogP contribution in [0.15, 0.2) is 58.6 Å². The predicted molar refractivity (Wildman–Crippen MR) is 110 cm³/mol. The number of aryl methyl sites for hydroxylation is 1. The van der Waals surface area contributed by atoms with Crippen molar-refractivity contribution < 1.29 is 13.6 Å². The first-order valence-corrected chi connectivity index (χ1v) is 9.82. The summed E-state index contributed by atoms with van der Waals surface area (Å²) >= 11 is 0.981. The number of halogens is 2. The molecular formula is C20H15F2N5O2S. The van der Waals surface area contributed by atoms with Crippen LogP contribution in [0.2, 0.25) is 0 Å². The summed E-state index contributed by atoms with van der Waals surface area (Å²) in [5.41, 5.74) is 1.59. The Labute approximate surface area is 173 Å². The highest BCUT2D eigenvalue weighted by Gasteiger charge is 2.14. The predicted octanol–water partition coefficient (Wildman–Crippen LogP) is 3.43. The maximum absolute atomic E-state index is 13.7. The van der Waals surface area contributed by atoms with Crippen molar-refractivity contribution in [2.24, 2.45) is 0 Å². The maximum atomic E-state index is 13.7. The second kappa shape index (κ2) is 8.07. The number of hydrogen-bond acceptors (Lipinski definition) is 5. The van der Waals surface area contributed by atoms with Crippen LogP contribution < -0.4 is 10.9 Å². The number of nitrogens with one attached hydrogen (secondary N) is 2. The third-order valence-electron chi connectivity index (χ3n) is 4.31. The summed E-state index contributed by atoms with van der Waals surface area (Å²) in [6, 6.07) is 10.4. The van der Waals surface area contributed by atoms with Crippen molar-refractivity contribution in [2.75, 3.05) is 11.1 Å². The molecule has 4 aromatic rings. The second-order valence-corrected chi connectivity index (χ2v) is 7.38. The molecule has 0 fully saturated rings. The highest BCUT2D eigenvalue weighted by atomic mass is 32.2. The average Bonchev–Trinajstić information content (AvgIpc) is 3.13. The van der Waals surface area contributed by atoms with Crippen LogP contribution in [0.5, 0.6) is 0 Å². The van der Waals surface area contributed by atoms with Gasteiger partial charge in [0.05, 0.1) is 23.3 Å². The van der Waals surface area contributed by atoms with Crippen molar-refractivity contribution in [3.63, 3.8) is 0 Å². The number of fused-ring (bicyclic) bond motifs is 1. The van der Waals surface area contributed by atoms with Gasteiger partial charge in [0.15, 0.2) is 10.8 Å². The van der Waals surface area contributed by atoms with Crippen LogP contribution in [0.1, 0.15) is 5.56 Å². The Kier molecular flexibility index (Phi) is 5.32. The fraction of sp³-hybridized carbons (Fsp3) is 0.100. The van der Waals surface area contributed by atoms with Gasteiger partial charge in [-0.3, -0.25) is 9.59 Å². The zero-order chi connectivity index (χ0) is 21.3. The molecular weight excluding hydrogens is 412 g/mol. The van der Waals surface area contributed by atoms with Gasteiger partial charge in [-0.25, -0.2) is 18.4 Å². The summed E-state index contributed by atoms with van der Waals surface area (Å²) in [6.45, 7) is 1.92. The number of aromatic amines is 1. The van der Waals surface area contributed by atoms with Crippen LogP contribution in [0.25, 0.3) is 16.7 Å². The van der Waals surface area contributed by atoms with E-state index < -0.39 is 17.5 Å². The number of nitrogens with zero attached hydrogens (tertiary/aromatic N) is 3. The number of carbonyl (C=O) groups excluding carboxylic acids is 1. The standard InChI is InChI=1S/C20H15F2N5O2S/c1-11-4-2-3-5-16(11)27-18-13(9-23-27)19(29)26-20(25-18)30-10-17(28)24-15-7-6-12(21)8-14(15)22/h2-9H,10H2,1H3,(H,24,28)(H,25,26,29). The summed E-state index contributed by atoms with van der Waals surface area (Å²) < 4.78 is 28.2. The Balaban J connectivity index is 1.56. The first-order chi connectivity index (χ1) is 14.4. The summed E-state index contributed by atoms with van der Waals surface area (Å²) in [6.07, 6.45) is 1.44. The van der Waals surface area contributed by atoms with Gasteiger partial charge in [0.25, 0.3) is 5.56 Å². The third-order valence-corrected chi connectivity index (χ3v) is 5.18. The lowest BCUT2D eigenvalue weighted by molar-refractivity contribution is -0.113. The lowest BCUT2D eigenvalue weighted by Gasteiger charge is -2.08. The SMILES string of the molecule is Cc1ccccc1-n1ncc2c(=O)[nH]c(SCC(=O)Nc3ccc(F)cc3F)nc21. The van der Waals surface area contributed by atoms with E-state index >= 15 is 0 Å². The summed E-state index contributed by atoms with van der Waals surface area (Å²) in [5.74, 6) is -2.27. The molecule has 0 aliphatic heterocycles. The first-order valence-electron chi connectivity index (χ1n) is 8.84. The zero-order valence-corrected chi connectivity index (χ0v) is 16.5. The van der Waals surface area contributed by atoms with E-state index in [1.807, 2.05) is 31.2 Å². The van der Waals surface area contributed by atoms with E-state index in [1.54, 1.807) is 4.68 Å². The fourth-order valence-electron chi connectivity index (χ4n) is 2.86. The molecule has 0 bridgehead atoms. The minimum Gasteiger partial charge on any atom is -0.323 e. The Bertz CT molecular complexity index is 1320. The number of para-hydroxylation sites is 1. The number of rotatable bonds is 5. The van der Waals surface area contributed by atoms with Gasteiger partial charge in [-0.15, -0.1) is 0 Å². The number of amides is 1. The number of carbonyl (C=O) groups is 1. The van der Waals surface area contributed by atoms with Crippen LogP contribution in [0, 0.1) is 18.6 Å². The first kappa shape index (κ1) is 19.8. The van der Waals surface area contributed by atoms with E-state index in [9.17, 15) is 18.4 Å². The Morgan fingerprint density at radius 2 is 2.03 bits per heavy atom. The van der Waals surface area contributed by atoms with Gasteiger partial charge in [0.2, 0.25) is 5.91 Å². The highest BCUT2D eigenvalue weighted by molar-refractivity contribution is 7.99. The molecule has 4 rings (SSSR count). The monoisotopic (exact) mass is 427 g/mol. The molecule has 0 aliphatic rings. The van der Waals surface area contributed by atoms with Crippen LogP contribution in [-0.2, 0) is 4.79 Å². The van der Waals surface area contributed by atoms with Crippen molar-refractivity contribution in [1.29, 1.82) is 0 Å². The lowest BCUT2D eigenvalue weighted by Crippen LogP contribution is -2.16. The number of hydrogen-bond donors (Lipinski definition) is 2. The molecule has 2 aromatic carbocycles. The quantitative estimate of drug-likeness (QED) is 0.376. The third kappa shape index (κ3) is 3.94. The number of benzene rings is 2. The summed E-state index contributed by atoms with van der Waals surface area (Å²) in [7, 11) is 0. The molecule has 0 aliphatic carbocycles. The molecule has 30 heavy (non-hydrogen) atoms. The summed E-state index contributed by atoms with van der Waals surface area (Å²) in [4.78, 5) is 31.6.